The quantitative estimate of drug-likeness (QED) is 0.599. The maximum atomic E-state index is 5.13. The van der Waals surface area contributed by atoms with Gasteiger partial charge in [0.2, 0.25) is 0 Å². The van der Waals surface area contributed by atoms with Crippen LogP contribution in [0.2, 0.25) is 0 Å². The fourth-order valence-electron chi connectivity index (χ4n) is 0.951. The Kier molecular flexibility index (Phi) is 2.49. The molecule has 0 N–H and O–H groups in total. The standard InChI is InChI=1S/C9H12O2/c1-7-4-5-8(10-2)6-9(7)11-3/h4-6,9H,1H2,2-3H3. The van der Waals surface area contributed by atoms with E-state index in [1.165, 1.54) is 0 Å². The van der Waals surface area contributed by atoms with Crippen LogP contribution in [0.5, 0.6) is 0 Å². The van der Waals surface area contributed by atoms with Gasteiger partial charge >= 0.3 is 0 Å². The summed E-state index contributed by atoms with van der Waals surface area (Å²) in [5.74, 6) is 0.823. The summed E-state index contributed by atoms with van der Waals surface area (Å²) < 4.78 is 10.2. The second kappa shape index (κ2) is 3.39. The van der Waals surface area contributed by atoms with Crippen molar-refractivity contribution >= 4 is 0 Å². The lowest BCUT2D eigenvalue weighted by Gasteiger charge is -2.16. The Hall–Kier alpha value is -1.02. The number of hydrogen-bond acceptors (Lipinski definition) is 2. The number of hydrogen-bond donors (Lipinski definition) is 0. The van der Waals surface area contributed by atoms with Gasteiger partial charge in [0, 0.05) is 7.11 Å². The van der Waals surface area contributed by atoms with Crippen LogP contribution in [0, 0.1) is 0 Å². The minimum atomic E-state index is -0.0325. The van der Waals surface area contributed by atoms with Crippen molar-refractivity contribution < 1.29 is 9.47 Å². The van der Waals surface area contributed by atoms with Crippen LogP contribution in [-0.4, -0.2) is 20.3 Å². The molecule has 0 saturated heterocycles. The first-order valence-corrected chi connectivity index (χ1v) is 3.43. The van der Waals surface area contributed by atoms with Crippen molar-refractivity contribution in [3.05, 3.63) is 36.1 Å². The van der Waals surface area contributed by atoms with Crippen LogP contribution in [0.4, 0.5) is 0 Å². The van der Waals surface area contributed by atoms with Gasteiger partial charge in [-0.1, -0.05) is 12.7 Å². The summed E-state index contributed by atoms with van der Waals surface area (Å²) in [6, 6.07) is 0. The highest BCUT2D eigenvalue weighted by atomic mass is 16.5. The van der Waals surface area contributed by atoms with Crippen molar-refractivity contribution in [1.82, 2.24) is 0 Å². The van der Waals surface area contributed by atoms with Gasteiger partial charge in [-0.3, -0.25) is 0 Å². The normalized spacial score (nSPS) is 23.3. The van der Waals surface area contributed by atoms with E-state index in [-0.39, 0.29) is 6.10 Å². The number of rotatable bonds is 2. The molecule has 0 heterocycles. The van der Waals surface area contributed by atoms with Crippen LogP contribution < -0.4 is 0 Å². The molecule has 1 rings (SSSR count). The Morgan fingerprint density at radius 3 is 2.64 bits per heavy atom. The average Bonchev–Trinajstić information content (AvgIpc) is 2.05. The van der Waals surface area contributed by atoms with Crippen molar-refractivity contribution in [1.29, 1.82) is 0 Å². The van der Waals surface area contributed by atoms with Gasteiger partial charge in [0.15, 0.2) is 0 Å². The average molecular weight is 152 g/mol. The van der Waals surface area contributed by atoms with Crippen LogP contribution in [0.3, 0.4) is 0 Å². The lowest BCUT2D eigenvalue weighted by molar-refractivity contribution is 0.164. The second-order valence-electron chi connectivity index (χ2n) is 2.34. The highest BCUT2D eigenvalue weighted by Crippen LogP contribution is 2.16. The fraction of sp³-hybridized carbons (Fsp3) is 0.333. The number of allylic oxidation sites excluding steroid dienone is 1. The molecule has 1 aliphatic rings. The van der Waals surface area contributed by atoms with E-state index in [0.29, 0.717) is 0 Å². The predicted octanol–water partition coefficient (Wildman–Crippen LogP) is 1.66. The third-order valence-corrected chi connectivity index (χ3v) is 1.63. The van der Waals surface area contributed by atoms with Crippen LogP contribution in [0.25, 0.3) is 0 Å². The summed E-state index contributed by atoms with van der Waals surface area (Å²) in [5.41, 5.74) is 0.952. The van der Waals surface area contributed by atoms with Gasteiger partial charge in [0.05, 0.1) is 7.11 Å². The lowest BCUT2D eigenvalue weighted by Crippen LogP contribution is -2.12. The monoisotopic (exact) mass is 152 g/mol. The molecule has 1 unspecified atom stereocenters. The van der Waals surface area contributed by atoms with Crippen molar-refractivity contribution in [2.24, 2.45) is 0 Å². The van der Waals surface area contributed by atoms with Gasteiger partial charge < -0.3 is 9.47 Å². The first-order chi connectivity index (χ1) is 5.27. The van der Waals surface area contributed by atoms with E-state index in [9.17, 15) is 0 Å². The van der Waals surface area contributed by atoms with Gasteiger partial charge in [-0.2, -0.15) is 0 Å². The minimum Gasteiger partial charge on any atom is -0.497 e. The fourth-order valence-corrected chi connectivity index (χ4v) is 0.951. The molecule has 60 valence electrons. The van der Waals surface area contributed by atoms with E-state index in [1.807, 2.05) is 18.2 Å². The van der Waals surface area contributed by atoms with E-state index in [1.54, 1.807) is 14.2 Å². The van der Waals surface area contributed by atoms with Gasteiger partial charge in [0.25, 0.3) is 0 Å². The maximum absolute atomic E-state index is 5.13. The van der Waals surface area contributed by atoms with Crippen LogP contribution in [0.15, 0.2) is 36.1 Å². The highest BCUT2D eigenvalue weighted by Gasteiger charge is 2.11. The molecule has 1 atom stereocenters. The van der Waals surface area contributed by atoms with Gasteiger partial charge in [-0.25, -0.2) is 0 Å². The SMILES string of the molecule is C=C1C=CC(OC)=CC1OC. The molecule has 1 aliphatic carbocycles. The molecule has 0 amide bonds. The Labute approximate surface area is 66.8 Å². The number of methoxy groups -OCH3 is 2. The van der Waals surface area contributed by atoms with Crippen LogP contribution >= 0.6 is 0 Å². The zero-order valence-corrected chi connectivity index (χ0v) is 6.83. The van der Waals surface area contributed by atoms with Gasteiger partial charge in [0.1, 0.15) is 11.9 Å². The van der Waals surface area contributed by atoms with E-state index in [0.717, 1.165) is 11.3 Å². The van der Waals surface area contributed by atoms with Crippen molar-refractivity contribution in [2.45, 2.75) is 6.10 Å². The zero-order valence-electron chi connectivity index (χ0n) is 6.83. The van der Waals surface area contributed by atoms with Crippen LogP contribution in [0.1, 0.15) is 0 Å². The third-order valence-electron chi connectivity index (χ3n) is 1.63. The number of ether oxygens (including phenoxy) is 2. The predicted molar refractivity (Wildman–Crippen MR) is 44.2 cm³/mol. The molecule has 0 bridgehead atoms. The molecule has 0 radical (unpaired) electrons. The summed E-state index contributed by atoms with van der Waals surface area (Å²) in [7, 11) is 3.29. The first kappa shape index (κ1) is 8.08. The summed E-state index contributed by atoms with van der Waals surface area (Å²) in [4.78, 5) is 0. The van der Waals surface area contributed by atoms with Gasteiger partial charge in [-0.05, 0) is 17.7 Å². The molecule has 0 aromatic heterocycles. The summed E-state index contributed by atoms with van der Waals surface area (Å²) in [6.45, 7) is 3.82. The van der Waals surface area contributed by atoms with E-state index < -0.39 is 0 Å². The highest BCUT2D eigenvalue weighted by molar-refractivity contribution is 5.35. The molecule has 0 aromatic carbocycles. The first-order valence-electron chi connectivity index (χ1n) is 3.43. The molecule has 0 aromatic rings. The van der Waals surface area contributed by atoms with Gasteiger partial charge in [-0.15, -0.1) is 0 Å². The molecule has 2 heteroatoms. The smallest absolute Gasteiger partial charge is 0.117 e. The van der Waals surface area contributed by atoms with Crippen molar-refractivity contribution in [2.75, 3.05) is 14.2 Å². The molecule has 0 saturated carbocycles. The molecule has 2 nitrogen and oxygen atoms in total. The molecule has 0 fully saturated rings. The summed E-state index contributed by atoms with van der Waals surface area (Å²) in [5, 5.41) is 0. The van der Waals surface area contributed by atoms with E-state index in [4.69, 9.17) is 9.47 Å². The molecular weight excluding hydrogens is 140 g/mol. The lowest BCUT2D eigenvalue weighted by atomic mass is 10.1. The largest absolute Gasteiger partial charge is 0.497 e. The molecule has 11 heavy (non-hydrogen) atoms. The van der Waals surface area contributed by atoms with Crippen molar-refractivity contribution in [3.63, 3.8) is 0 Å². The third kappa shape index (κ3) is 1.71. The molecule has 0 aliphatic heterocycles. The Morgan fingerprint density at radius 1 is 1.36 bits per heavy atom. The van der Waals surface area contributed by atoms with E-state index >= 15 is 0 Å². The second-order valence-corrected chi connectivity index (χ2v) is 2.34. The topological polar surface area (TPSA) is 18.5 Å². The Balaban J connectivity index is 2.75. The zero-order chi connectivity index (χ0) is 8.27. The maximum Gasteiger partial charge on any atom is 0.117 e. The van der Waals surface area contributed by atoms with Crippen LogP contribution in [-0.2, 0) is 9.47 Å². The summed E-state index contributed by atoms with van der Waals surface area (Å²) in [6.07, 6.45) is 5.63. The summed E-state index contributed by atoms with van der Waals surface area (Å²) >= 11 is 0. The molecular formula is C9H12O2. The minimum absolute atomic E-state index is 0.0325. The van der Waals surface area contributed by atoms with E-state index in [2.05, 4.69) is 6.58 Å². The Bertz CT molecular complexity index is 214. The molecule has 0 spiro atoms. The Morgan fingerprint density at radius 2 is 2.09 bits per heavy atom. The van der Waals surface area contributed by atoms with Crippen molar-refractivity contribution in [3.8, 4) is 0 Å².